The second-order valence-corrected chi connectivity index (χ2v) is 4.66. The molecule has 0 unspecified atom stereocenters. The molecule has 0 aliphatic heterocycles. The first-order valence-corrected chi connectivity index (χ1v) is 5.91. The molecule has 1 aromatic rings. The van der Waals surface area contributed by atoms with Crippen molar-refractivity contribution in [2.45, 2.75) is 4.21 Å². The number of hydrogen-bond acceptors (Lipinski definition) is 6. The zero-order valence-corrected chi connectivity index (χ0v) is 9.83. The quantitative estimate of drug-likeness (QED) is 0.611. The Morgan fingerprint density at radius 2 is 2.07 bits per heavy atom. The van der Waals surface area contributed by atoms with Crippen LogP contribution in [0.3, 0.4) is 0 Å². The summed E-state index contributed by atoms with van der Waals surface area (Å²) < 4.78 is 5.21. The Kier molecular flexibility index (Phi) is 3.59. The summed E-state index contributed by atoms with van der Waals surface area (Å²) in [5.41, 5.74) is 11.1. The lowest BCUT2D eigenvalue weighted by molar-refractivity contribution is 0.0599. The molecule has 1 amide bonds. The van der Waals surface area contributed by atoms with E-state index >= 15 is 0 Å². The van der Waals surface area contributed by atoms with Gasteiger partial charge >= 0.3 is 5.97 Å². The fraction of sp³-hybridized carbons (Fsp3) is 0.250. The number of carbonyl (C=O) groups excluding carboxylic acids is 2. The molecule has 0 spiro atoms. The molecule has 5 nitrogen and oxygen atoms in total. The lowest BCUT2D eigenvalue weighted by Gasteiger charge is -2.00. The molecule has 0 fully saturated rings. The highest BCUT2D eigenvalue weighted by molar-refractivity contribution is 8.00. The summed E-state index contributed by atoms with van der Waals surface area (Å²) >= 11 is 2.42. The van der Waals surface area contributed by atoms with Crippen LogP contribution in [0.5, 0.6) is 0 Å². The number of ether oxygens (including phenoxy) is 1. The van der Waals surface area contributed by atoms with Crippen LogP contribution in [-0.2, 0) is 4.74 Å². The smallest absolute Gasteiger partial charge is 0.342 e. The molecule has 0 aliphatic carbocycles. The third-order valence-electron chi connectivity index (χ3n) is 1.71. The van der Waals surface area contributed by atoms with Crippen LogP contribution in [0.4, 0.5) is 5.69 Å². The van der Waals surface area contributed by atoms with Gasteiger partial charge in [0.15, 0.2) is 0 Å². The van der Waals surface area contributed by atoms with Crippen LogP contribution in [0.2, 0.25) is 0 Å². The number of nitrogen functional groups attached to an aromatic ring is 1. The van der Waals surface area contributed by atoms with Gasteiger partial charge in [-0.1, -0.05) is 0 Å². The van der Waals surface area contributed by atoms with Crippen molar-refractivity contribution in [1.82, 2.24) is 0 Å². The largest absolute Gasteiger partial charge is 0.465 e. The van der Waals surface area contributed by atoms with Gasteiger partial charge in [0, 0.05) is 0 Å². The predicted molar refractivity (Wildman–Crippen MR) is 60.4 cm³/mol. The topological polar surface area (TPSA) is 95.4 Å². The minimum atomic E-state index is -0.636. The van der Waals surface area contributed by atoms with E-state index in [9.17, 15) is 9.59 Å². The van der Waals surface area contributed by atoms with Gasteiger partial charge in [0.1, 0.15) is 10.4 Å². The Balaban J connectivity index is 3.36. The molecule has 7 heteroatoms. The van der Waals surface area contributed by atoms with E-state index in [1.807, 2.05) is 0 Å². The molecule has 0 aliphatic rings. The van der Waals surface area contributed by atoms with Gasteiger partial charge in [0.25, 0.3) is 5.91 Å². The zero-order valence-electron chi connectivity index (χ0n) is 8.20. The predicted octanol–water partition coefficient (Wildman–Crippen LogP) is 0.938. The number of methoxy groups -OCH3 is 1. The molecule has 0 radical (unpaired) electrons. The van der Waals surface area contributed by atoms with Gasteiger partial charge in [-0.05, 0) is 6.26 Å². The van der Waals surface area contributed by atoms with E-state index in [-0.39, 0.29) is 16.1 Å². The van der Waals surface area contributed by atoms with Gasteiger partial charge in [-0.2, -0.15) is 0 Å². The van der Waals surface area contributed by atoms with Crippen LogP contribution in [0.1, 0.15) is 20.0 Å². The van der Waals surface area contributed by atoms with Crippen LogP contribution in [-0.4, -0.2) is 25.2 Å². The molecule has 1 aromatic heterocycles. The molecular formula is C8H10N2O3S2. The van der Waals surface area contributed by atoms with Gasteiger partial charge in [-0.15, -0.1) is 23.1 Å². The number of nitrogens with two attached hydrogens (primary N) is 2. The summed E-state index contributed by atoms with van der Waals surface area (Å²) in [4.78, 5) is 22.6. The van der Waals surface area contributed by atoms with Crippen LogP contribution >= 0.6 is 23.1 Å². The van der Waals surface area contributed by atoms with E-state index in [1.165, 1.54) is 18.9 Å². The maximum absolute atomic E-state index is 11.4. The minimum absolute atomic E-state index is 0.101. The van der Waals surface area contributed by atoms with Gasteiger partial charge in [-0.25, -0.2) is 4.79 Å². The number of primary amides is 1. The fourth-order valence-electron chi connectivity index (χ4n) is 1.04. The number of rotatable bonds is 3. The molecule has 4 N–H and O–H groups in total. The summed E-state index contributed by atoms with van der Waals surface area (Å²) in [6.07, 6.45) is 1.78. The summed E-state index contributed by atoms with van der Waals surface area (Å²) in [5.74, 6) is -1.19. The van der Waals surface area contributed by atoms with Gasteiger partial charge in [0.05, 0.1) is 17.0 Å². The number of thioether (sulfide) groups is 1. The summed E-state index contributed by atoms with van der Waals surface area (Å²) in [5, 5.41) is 0. The summed E-state index contributed by atoms with van der Waals surface area (Å²) in [6.45, 7) is 0. The van der Waals surface area contributed by atoms with E-state index in [0.717, 1.165) is 11.3 Å². The van der Waals surface area contributed by atoms with Crippen molar-refractivity contribution in [2.75, 3.05) is 19.1 Å². The standard InChI is InChI=1S/C8H10N2O3S2/c1-13-7(12)3-4(9)5(6(10)11)15-8(3)14-2/h9H2,1-2H3,(H2,10,11). The van der Waals surface area contributed by atoms with Crippen molar-refractivity contribution in [3.05, 3.63) is 10.4 Å². The Bertz CT molecular complexity index is 414. The van der Waals surface area contributed by atoms with Crippen molar-refractivity contribution < 1.29 is 14.3 Å². The van der Waals surface area contributed by atoms with Crippen molar-refractivity contribution in [2.24, 2.45) is 5.73 Å². The molecule has 1 rings (SSSR count). The Hall–Kier alpha value is -1.21. The molecule has 82 valence electrons. The Morgan fingerprint density at radius 3 is 2.47 bits per heavy atom. The molecule has 0 saturated carbocycles. The van der Waals surface area contributed by atoms with Gasteiger partial charge in [0.2, 0.25) is 0 Å². The average Bonchev–Trinajstić information content (AvgIpc) is 2.54. The molecule has 0 aromatic carbocycles. The number of amides is 1. The Morgan fingerprint density at radius 1 is 1.47 bits per heavy atom. The molecule has 0 saturated heterocycles. The first-order chi connectivity index (χ1) is 7.02. The van der Waals surface area contributed by atoms with Crippen LogP contribution in [0.25, 0.3) is 0 Å². The monoisotopic (exact) mass is 246 g/mol. The highest BCUT2D eigenvalue weighted by atomic mass is 32.2. The minimum Gasteiger partial charge on any atom is -0.465 e. The number of thiophene rings is 1. The first kappa shape index (κ1) is 11.9. The zero-order chi connectivity index (χ0) is 11.6. The highest BCUT2D eigenvalue weighted by Gasteiger charge is 2.24. The second kappa shape index (κ2) is 4.54. The maximum atomic E-state index is 11.4. The number of anilines is 1. The normalized spacial score (nSPS) is 10.0. The first-order valence-electron chi connectivity index (χ1n) is 3.87. The van der Waals surface area contributed by atoms with Crippen LogP contribution in [0.15, 0.2) is 4.21 Å². The van der Waals surface area contributed by atoms with Gasteiger partial charge < -0.3 is 16.2 Å². The van der Waals surface area contributed by atoms with E-state index in [0.29, 0.717) is 4.21 Å². The van der Waals surface area contributed by atoms with Crippen LogP contribution < -0.4 is 11.5 Å². The van der Waals surface area contributed by atoms with E-state index in [4.69, 9.17) is 11.5 Å². The van der Waals surface area contributed by atoms with Crippen molar-refractivity contribution in [3.8, 4) is 0 Å². The average molecular weight is 246 g/mol. The highest BCUT2D eigenvalue weighted by Crippen LogP contribution is 2.37. The summed E-state index contributed by atoms with van der Waals surface area (Å²) in [6, 6.07) is 0. The maximum Gasteiger partial charge on any atom is 0.342 e. The summed E-state index contributed by atoms with van der Waals surface area (Å²) in [7, 11) is 1.26. The lowest BCUT2D eigenvalue weighted by Crippen LogP contribution is -2.12. The van der Waals surface area contributed by atoms with Crippen molar-refractivity contribution in [1.29, 1.82) is 0 Å². The molecule has 1 heterocycles. The van der Waals surface area contributed by atoms with E-state index in [1.54, 1.807) is 6.26 Å². The molecular weight excluding hydrogens is 236 g/mol. The van der Waals surface area contributed by atoms with Crippen molar-refractivity contribution in [3.63, 3.8) is 0 Å². The number of hydrogen-bond donors (Lipinski definition) is 2. The van der Waals surface area contributed by atoms with E-state index in [2.05, 4.69) is 4.74 Å². The lowest BCUT2D eigenvalue weighted by atomic mass is 10.2. The second-order valence-electron chi connectivity index (χ2n) is 2.57. The third kappa shape index (κ3) is 2.07. The van der Waals surface area contributed by atoms with Crippen molar-refractivity contribution >= 4 is 40.7 Å². The number of carbonyl (C=O) groups is 2. The van der Waals surface area contributed by atoms with Crippen LogP contribution in [0, 0.1) is 0 Å². The molecule has 0 atom stereocenters. The van der Waals surface area contributed by atoms with Gasteiger partial charge in [-0.3, -0.25) is 4.79 Å². The molecule has 0 bridgehead atoms. The molecule has 15 heavy (non-hydrogen) atoms. The Labute approximate surface area is 94.8 Å². The number of esters is 1. The fourth-order valence-corrected chi connectivity index (χ4v) is 2.82. The third-order valence-corrected chi connectivity index (χ3v) is 4.05. The SMILES string of the molecule is COC(=O)c1c(SC)sc(C(N)=O)c1N. The van der Waals surface area contributed by atoms with E-state index < -0.39 is 11.9 Å².